The first kappa shape index (κ1) is 16.5. The van der Waals surface area contributed by atoms with E-state index in [9.17, 15) is 8.42 Å². The maximum absolute atomic E-state index is 12.1. The molecular weight excluding hydrogens is 286 g/mol. The Morgan fingerprint density at radius 3 is 2.57 bits per heavy atom. The zero-order valence-corrected chi connectivity index (χ0v) is 14.1. The van der Waals surface area contributed by atoms with Crippen molar-refractivity contribution in [2.24, 2.45) is 5.92 Å². The molecule has 1 aliphatic rings. The minimum absolute atomic E-state index is 0.274. The summed E-state index contributed by atoms with van der Waals surface area (Å²) >= 11 is 0. The summed E-state index contributed by atoms with van der Waals surface area (Å²) in [6.07, 6.45) is 6.47. The van der Waals surface area contributed by atoms with E-state index in [4.69, 9.17) is 0 Å². The molecule has 5 nitrogen and oxygen atoms in total. The van der Waals surface area contributed by atoms with Gasteiger partial charge >= 0.3 is 0 Å². The van der Waals surface area contributed by atoms with E-state index in [1.54, 1.807) is 4.31 Å². The maximum Gasteiger partial charge on any atom is 0.214 e. The van der Waals surface area contributed by atoms with Gasteiger partial charge in [-0.15, -0.1) is 0 Å². The van der Waals surface area contributed by atoms with Gasteiger partial charge in [-0.05, 0) is 25.2 Å². The van der Waals surface area contributed by atoms with Crippen LogP contribution in [0.5, 0.6) is 0 Å². The second-order valence-electron chi connectivity index (χ2n) is 6.25. The second-order valence-corrected chi connectivity index (χ2v) is 8.34. The van der Waals surface area contributed by atoms with Crippen LogP contribution in [0.25, 0.3) is 0 Å². The van der Waals surface area contributed by atoms with Crippen LogP contribution in [0.3, 0.4) is 0 Å². The van der Waals surface area contributed by atoms with E-state index in [1.165, 1.54) is 0 Å². The van der Waals surface area contributed by atoms with Crippen molar-refractivity contribution in [3.8, 4) is 0 Å². The smallest absolute Gasteiger partial charge is 0.214 e. The van der Waals surface area contributed by atoms with E-state index >= 15 is 0 Å². The van der Waals surface area contributed by atoms with Crippen LogP contribution in [0.15, 0.2) is 12.4 Å². The van der Waals surface area contributed by atoms with Crippen molar-refractivity contribution in [2.75, 3.05) is 18.8 Å². The van der Waals surface area contributed by atoms with E-state index in [0.717, 1.165) is 25.2 Å². The van der Waals surface area contributed by atoms with Crippen LogP contribution >= 0.6 is 0 Å². The van der Waals surface area contributed by atoms with Crippen LogP contribution in [-0.4, -0.2) is 41.1 Å². The number of rotatable bonds is 6. The van der Waals surface area contributed by atoms with Gasteiger partial charge in [0.15, 0.2) is 0 Å². The van der Waals surface area contributed by atoms with Crippen LogP contribution in [0.4, 0.5) is 0 Å². The first-order valence-electron chi connectivity index (χ1n) is 7.93. The summed E-state index contributed by atoms with van der Waals surface area (Å²) in [5, 5.41) is 0. The largest absolute Gasteiger partial charge is 0.334 e. The molecule has 0 saturated carbocycles. The first-order valence-corrected chi connectivity index (χ1v) is 9.53. The lowest BCUT2D eigenvalue weighted by Gasteiger charge is -2.31. The summed E-state index contributed by atoms with van der Waals surface area (Å²) < 4.78 is 28.0. The van der Waals surface area contributed by atoms with Gasteiger partial charge in [-0.1, -0.05) is 20.8 Å². The third-order valence-corrected chi connectivity index (χ3v) is 6.22. The van der Waals surface area contributed by atoms with Gasteiger partial charge in [0.05, 0.1) is 5.75 Å². The number of aromatic nitrogens is 2. The fourth-order valence-corrected chi connectivity index (χ4v) is 4.55. The third kappa shape index (κ3) is 4.07. The molecule has 21 heavy (non-hydrogen) atoms. The molecule has 0 radical (unpaired) electrons. The van der Waals surface area contributed by atoms with Gasteiger partial charge in [-0.2, -0.15) is 0 Å². The summed E-state index contributed by atoms with van der Waals surface area (Å²) in [6, 6.07) is 0. The van der Waals surface area contributed by atoms with Gasteiger partial charge in [0.2, 0.25) is 10.0 Å². The molecule has 0 spiro atoms. The molecule has 0 amide bonds. The van der Waals surface area contributed by atoms with E-state index in [0.29, 0.717) is 31.3 Å². The SMILES string of the molecule is CCCS(=O)(=O)N1CCC(Cn2ccnc2C(C)C)CC1. The minimum atomic E-state index is -3.03. The molecule has 2 heterocycles. The average Bonchev–Trinajstić information content (AvgIpc) is 2.87. The van der Waals surface area contributed by atoms with Gasteiger partial charge in [0.1, 0.15) is 5.82 Å². The number of sulfonamides is 1. The molecule has 1 saturated heterocycles. The Morgan fingerprint density at radius 1 is 1.33 bits per heavy atom. The minimum Gasteiger partial charge on any atom is -0.334 e. The number of piperidine rings is 1. The first-order chi connectivity index (χ1) is 9.94. The fraction of sp³-hybridized carbons (Fsp3) is 0.800. The highest BCUT2D eigenvalue weighted by Crippen LogP contribution is 2.23. The summed E-state index contributed by atoms with van der Waals surface area (Å²) in [6.45, 7) is 8.50. The monoisotopic (exact) mass is 313 g/mol. The van der Waals surface area contributed by atoms with Crippen LogP contribution in [0.2, 0.25) is 0 Å². The van der Waals surface area contributed by atoms with E-state index in [2.05, 4.69) is 23.4 Å². The Kier molecular flexibility index (Phi) is 5.43. The Morgan fingerprint density at radius 2 is 2.00 bits per heavy atom. The molecule has 1 fully saturated rings. The second kappa shape index (κ2) is 6.92. The highest BCUT2D eigenvalue weighted by molar-refractivity contribution is 7.89. The molecule has 0 aromatic carbocycles. The third-order valence-electron chi connectivity index (χ3n) is 4.15. The van der Waals surface area contributed by atoms with E-state index in [-0.39, 0.29) is 5.75 Å². The van der Waals surface area contributed by atoms with Crippen LogP contribution in [0.1, 0.15) is 51.8 Å². The molecular formula is C15H27N3O2S. The molecule has 0 atom stereocenters. The van der Waals surface area contributed by atoms with E-state index in [1.807, 2.05) is 19.3 Å². The topological polar surface area (TPSA) is 55.2 Å². The van der Waals surface area contributed by atoms with E-state index < -0.39 is 10.0 Å². The van der Waals surface area contributed by atoms with Crippen molar-refractivity contribution in [2.45, 2.75) is 52.5 Å². The Labute approximate surface area is 128 Å². The Hall–Kier alpha value is -0.880. The fourth-order valence-electron chi connectivity index (χ4n) is 3.01. The van der Waals surface area contributed by atoms with Crippen molar-refractivity contribution in [3.05, 3.63) is 18.2 Å². The predicted octanol–water partition coefficient (Wildman–Crippen LogP) is 2.46. The van der Waals surface area contributed by atoms with Gasteiger partial charge in [0, 0.05) is 37.9 Å². The lowest BCUT2D eigenvalue weighted by molar-refractivity contribution is 0.251. The lowest BCUT2D eigenvalue weighted by atomic mass is 9.98. The molecule has 0 unspecified atom stereocenters. The molecule has 120 valence electrons. The highest BCUT2D eigenvalue weighted by atomic mass is 32.2. The lowest BCUT2D eigenvalue weighted by Crippen LogP contribution is -2.40. The van der Waals surface area contributed by atoms with Gasteiger partial charge in [0.25, 0.3) is 0 Å². The maximum atomic E-state index is 12.1. The normalized spacial score (nSPS) is 18.5. The molecule has 0 bridgehead atoms. The average molecular weight is 313 g/mol. The molecule has 1 aromatic heterocycles. The predicted molar refractivity (Wildman–Crippen MR) is 84.7 cm³/mol. The van der Waals surface area contributed by atoms with Gasteiger partial charge < -0.3 is 4.57 Å². The highest BCUT2D eigenvalue weighted by Gasteiger charge is 2.27. The number of hydrogen-bond acceptors (Lipinski definition) is 3. The zero-order chi connectivity index (χ0) is 15.5. The summed E-state index contributed by atoms with van der Waals surface area (Å²) in [5.74, 6) is 2.36. The van der Waals surface area contributed by atoms with Crippen molar-refractivity contribution in [1.82, 2.24) is 13.9 Å². The van der Waals surface area contributed by atoms with Crippen LogP contribution in [-0.2, 0) is 16.6 Å². The summed E-state index contributed by atoms with van der Waals surface area (Å²) in [4.78, 5) is 4.42. The number of nitrogens with zero attached hydrogens (tertiary/aromatic N) is 3. The molecule has 2 rings (SSSR count). The summed E-state index contributed by atoms with van der Waals surface area (Å²) in [7, 11) is -3.03. The quantitative estimate of drug-likeness (QED) is 0.810. The molecule has 0 N–H and O–H groups in total. The summed E-state index contributed by atoms with van der Waals surface area (Å²) in [5.41, 5.74) is 0. The number of imidazole rings is 1. The Bertz CT molecular complexity index is 543. The van der Waals surface area contributed by atoms with Crippen molar-refractivity contribution < 1.29 is 8.42 Å². The van der Waals surface area contributed by atoms with Crippen molar-refractivity contribution in [3.63, 3.8) is 0 Å². The molecule has 0 aliphatic carbocycles. The van der Waals surface area contributed by atoms with Crippen molar-refractivity contribution >= 4 is 10.0 Å². The molecule has 1 aliphatic heterocycles. The van der Waals surface area contributed by atoms with Gasteiger partial charge in [-0.3, -0.25) is 0 Å². The van der Waals surface area contributed by atoms with Crippen LogP contribution in [0, 0.1) is 5.92 Å². The van der Waals surface area contributed by atoms with Crippen molar-refractivity contribution in [1.29, 1.82) is 0 Å². The molecule has 1 aromatic rings. The van der Waals surface area contributed by atoms with Gasteiger partial charge in [-0.25, -0.2) is 17.7 Å². The van der Waals surface area contributed by atoms with Crippen LogP contribution < -0.4 is 0 Å². The number of hydrogen-bond donors (Lipinski definition) is 0. The standard InChI is InChI=1S/C15H27N3O2S/c1-4-11-21(19,20)18-8-5-14(6-9-18)12-17-10-7-16-15(17)13(2)3/h7,10,13-14H,4-6,8-9,11-12H2,1-3H3. The Balaban J connectivity index is 1.91. The zero-order valence-electron chi connectivity index (χ0n) is 13.3. The molecule has 6 heteroatoms.